The Morgan fingerprint density at radius 2 is 1.85 bits per heavy atom. The van der Waals surface area contributed by atoms with Crippen molar-refractivity contribution in [3.8, 4) is 0 Å². The molecular weight excluding hydrogens is 180 g/mol. The lowest BCUT2D eigenvalue weighted by atomic mass is 9.89. The Bertz CT molecular complexity index is 142. The van der Waals surface area contributed by atoms with Crippen LogP contribution in [-0.4, -0.2) is 5.38 Å². The van der Waals surface area contributed by atoms with E-state index < -0.39 is 0 Å². The molecule has 1 rings (SSSR count). The summed E-state index contributed by atoms with van der Waals surface area (Å²) in [4.78, 5) is 0. The van der Waals surface area contributed by atoms with E-state index in [9.17, 15) is 0 Å². The molecule has 1 unspecified atom stereocenters. The molecule has 1 aliphatic rings. The maximum atomic E-state index is 6.23. The molecule has 13 heavy (non-hydrogen) atoms. The highest BCUT2D eigenvalue weighted by atomic mass is 35.5. The second-order valence-electron chi connectivity index (χ2n) is 5.66. The third-order valence-corrected chi connectivity index (χ3v) is 3.36. The largest absolute Gasteiger partial charge is 0.123 e. The molecule has 1 aliphatic carbocycles. The summed E-state index contributed by atoms with van der Waals surface area (Å²) in [5.41, 5.74) is 0.501. The van der Waals surface area contributed by atoms with Crippen molar-refractivity contribution in [3.63, 3.8) is 0 Å². The van der Waals surface area contributed by atoms with Crippen LogP contribution in [0.5, 0.6) is 0 Å². The summed E-state index contributed by atoms with van der Waals surface area (Å²) < 4.78 is 0. The Morgan fingerprint density at radius 3 is 2.31 bits per heavy atom. The SMILES string of the molecule is CC(C)(C)CCCCC(Cl)C1CC1. The molecule has 1 atom stereocenters. The lowest BCUT2D eigenvalue weighted by molar-refractivity contribution is 0.356. The second-order valence-corrected chi connectivity index (χ2v) is 6.22. The average Bonchev–Trinajstić information content (AvgIpc) is 2.77. The van der Waals surface area contributed by atoms with Gasteiger partial charge in [-0.1, -0.05) is 33.6 Å². The van der Waals surface area contributed by atoms with E-state index in [2.05, 4.69) is 20.8 Å². The number of halogens is 1. The topological polar surface area (TPSA) is 0 Å². The van der Waals surface area contributed by atoms with Crippen molar-refractivity contribution in [1.82, 2.24) is 0 Å². The zero-order chi connectivity index (χ0) is 9.90. The first kappa shape index (κ1) is 11.4. The van der Waals surface area contributed by atoms with Crippen molar-refractivity contribution >= 4 is 11.6 Å². The molecule has 0 N–H and O–H groups in total. The Balaban J connectivity index is 1.94. The summed E-state index contributed by atoms with van der Waals surface area (Å²) in [7, 11) is 0. The maximum Gasteiger partial charge on any atom is 0.0364 e. The van der Waals surface area contributed by atoms with Gasteiger partial charge in [-0.15, -0.1) is 11.6 Å². The smallest absolute Gasteiger partial charge is 0.0364 e. The standard InChI is InChI=1S/C12H23Cl/c1-12(2,3)9-5-4-6-11(13)10-7-8-10/h10-11H,4-9H2,1-3H3. The first-order valence-corrected chi connectivity index (χ1v) is 6.07. The van der Waals surface area contributed by atoms with Crippen molar-refractivity contribution in [2.75, 3.05) is 0 Å². The van der Waals surface area contributed by atoms with Crippen LogP contribution in [0.3, 0.4) is 0 Å². The molecule has 0 bridgehead atoms. The van der Waals surface area contributed by atoms with Gasteiger partial charge in [0.2, 0.25) is 0 Å². The molecular formula is C12H23Cl. The van der Waals surface area contributed by atoms with E-state index in [1.54, 1.807) is 0 Å². The van der Waals surface area contributed by atoms with Crippen LogP contribution < -0.4 is 0 Å². The highest BCUT2D eigenvalue weighted by molar-refractivity contribution is 6.20. The lowest BCUT2D eigenvalue weighted by Crippen LogP contribution is -2.06. The number of alkyl halides is 1. The van der Waals surface area contributed by atoms with Crippen LogP contribution in [0.4, 0.5) is 0 Å². The van der Waals surface area contributed by atoms with Crippen LogP contribution in [-0.2, 0) is 0 Å². The van der Waals surface area contributed by atoms with Crippen molar-refractivity contribution in [2.24, 2.45) is 11.3 Å². The number of hydrogen-bond donors (Lipinski definition) is 0. The van der Waals surface area contributed by atoms with Gasteiger partial charge in [-0.2, -0.15) is 0 Å². The summed E-state index contributed by atoms with van der Waals surface area (Å²) in [6.45, 7) is 6.93. The van der Waals surface area contributed by atoms with E-state index >= 15 is 0 Å². The van der Waals surface area contributed by atoms with Gasteiger partial charge in [-0.05, 0) is 37.0 Å². The Morgan fingerprint density at radius 1 is 1.23 bits per heavy atom. The third kappa shape index (κ3) is 5.57. The molecule has 1 saturated carbocycles. The summed E-state index contributed by atoms with van der Waals surface area (Å²) in [6.07, 6.45) is 8.01. The fourth-order valence-electron chi connectivity index (χ4n) is 1.69. The summed E-state index contributed by atoms with van der Waals surface area (Å²) in [5.74, 6) is 0.872. The van der Waals surface area contributed by atoms with Gasteiger partial charge >= 0.3 is 0 Å². The normalized spacial score (nSPS) is 20.3. The fourth-order valence-corrected chi connectivity index (χ4v) is 2.09. The number of unbranched alkanes of at least 4 members (excludes halogenated alkanes) is 1. The van der Waals surface area contributed by atoms with Gasteiger partial charge in [0, 0.05) is 5.38 Å². The zero-order valence-electron chi connectivity index (χ0n) is 9.28. The van der Waals surface area contributed by atoms with Gasteiger partial charge in [-0.3, -0.25) is 0 Å². The van der Waals surface area contributed by atoms with Gasteiger partial charge in [0.15, 0.2) is 0 Å². The molecule has 0 spiro atoms. The Kier molecular flexibility index (Phi) is 4.09. The summed E-state index contributed by atoms with van der Waals surface area (Å²) >= 11 is 6.23. The Hall–Kier alpha value is 0.290. The van der Waals surface area contributed by atoms with Crippen LogP contribution >= 0.6 is 11.6 Å². The van der Waals surface area contributed by atoms with Gasteiger partial charge in [-0.25, -0.2) is 0 Å². The first-order chi connectivity index (χ1) is 5.99. The average molecular weight is 203 g/mol. The zero-order valence-corrected chi connectivity index (χ0v) is 10.0. The van der Waals surface area contributed by atoms with E-state index in [1.165, 1.54) is 38.5 Å². The molecule has 0 aromatic carbocycles. The Labute approximate surface area is 88.1 Å². The van der Waals surface area contributed by atoms with Gasteiger partial charge in [0.1, 0.15) is 0 Å². The number of hydrogen-bond acceptors (Lipinski definition) is 0. The molecule has 0 nitrogen and oxygen atoms in total. The highest BCUT2D eigenvalue weighted by Crippen LogP contribution is 2.38. The maximum absolute atomic E-state index is 6.23. The predicted octanol–water partition coefficient (Wildman–Crippen LogP) is 4.61. The minimum absolute atomic E-state index is 0.486. The third-order valence-electron chi connectivity index (χ3n) is 2.79. The van der Waals surface area contributed by atoms with Gasteiger partial charge in [0.25, 0.3) is 0 Å². The predicted molar refractivity (Wildman–Crippen MR) is 60.3 cm³/mol. The molecule has 0 aliphatic heterocycles. The van der Waals surface area contributed by atoms with E-state index in [0.717, 1.165) is 5.92 Å². The minimum Gasteiger partial charge on any atom is -0.123 e. The molecule has 0 heterocycles. The lowest BCUT2D eigenvalue weighted by Gasteiger charge is -2.18. The monoisotopic (exact) mass is 202 g/mol. The molecule has 78 valence electrons. The quantitative estimate of drug-likeness (QED) is 0.451. The fraction of sp³-hybridized carbons (Fsp3) is 1.00. The van der Waals surface area contributed by atoms with Gasteiger partial charge in [0.05, 0.1) is 0 Å². The minimum atomic E-state index is 0.486. The molecule has 0 radical (unpaired) electrons. The van der Waals surface area contributed by atoms with Crippen LogP contribution in [0, 0.1) is 11.3 Å². The van der Waals surface area contributed by atoms with E-state index in [4.69, 9.17) is 11.6 Å². The van der Waals surface area contributed by atoms with Crippen molar-refractivity contribution in [3.05, 3.63) is 0 Å². The van der Waals surface area contributed by atoms with Crippen molar-refractivity contribution < 1.29 is 0 Å². The van der Waals surface area contributed by atoms with Crippen molar-refractivity contribution in [2.45, 2.75) is 64.7 Å². The van der Waals surface area contributed by atoms with E-state index in [1.807, 2.05) is 0 Å². The first-order valence-electron chi connectivity index (χ1n) is 5.63. The van der Waals surface area contributed by atoms with Crippen LogP contribution in [0.15, 0.2) is 0 Å². The number of rotatable bonds is 5. The van der Waals surface area contributed by atoms with Crippen molar-refractivity contribution in [1.29, 1.82) is 0 Å². The van der Waals surface area contributed by atoms with Crippen LogP contribution in [0.25, 0.3) is 0 Å². The molecule has 0 aromatic rings. The summed E-state index contributed by atoms with van der Waals surface area (Å²) in [6, 6.07) is 0. The second kappa shape index (κ2) is 4.68. The molecule has 1 heteroatoms. The van der Waals surface area contributed by atoms with E-state index in [-0.39, 0.29) is 0 Å². The van der Waals surface area contributed by atoms with Crippen LogP contribution in [0.2, 0.25) is 0 Å². The molecule has 1 fully saturated rings. The summed E-state index contributed by atoms with van der Waals surface area (Å²) in [5, 5.41) is 0.486. The van der Waals surface area contributed by atoms with Gasteiger partial charge < -0.3 is 0 Å². The molecule has 0 aromatic heterocycles. The molecule has 0 amide bonds. The molecule has 0 saturated heterocycles. The highest BCUT2D eigenvalue weighted by Gasteiger charge is 2.28. The van der Waals surface area contributed by atoms with Crippen LogP contribution in [0.1, 0.15) is 59.3 Å². The van der Waals surface area contributed by atoms with E-state index in [0.29, 0.717) is 10.8 Å².